The Morgan fingerprint density at radius 2 is 0.800 bits per heavy atom. The lowest BCUT2D eigenvalue weighted by Gasteiger charge is -2.00. The normalized spacial score (nSPS) is 10.6. The fourth-order valence-electron chi connectivity index (χ4n) is 2.84. The van der Waals surface area contributed by atoms with Gasteiger partial charge in [0.2, 0.25) is 0 Å². The number of nitrogens with one attached hydrogen (secondary N) is 2. The van der Waals surface area contributed by atoms with E-state index in [2.05, 4.69) is 92.4 Å². The summed E-state index contributed by atoms with van der Waals surface area (Å²) in [5.41, 5.74) is 4.85. The number of rotatable bonds is 4. The summed E-state index contributed by atoms with van der Waals surface area (Å²) >= 11 is 0. The summed E-state index contributed by atoms with van der Waals surface area (Å²) < 4.78 is 4.32. The van der Waals surface area contributed by atoms with Gasteiger partial charge in [-0.1, -0.05) is 0 Å². The molecule has 0 saturated heterocycles. The van der Waals surface area contributed by atoms with Gasteiger partial charge in [0.15, 0.2) is 49.6 Å². The second-order valence-corrected chi connectivity index (χ2v) is 5.92. The van der Waals surface area contributed by atoms with E-state index in [0.717, 1.165) is 6.67 Å². The van der Waals surface area contributed by atoms with Crippen LogP contribution in [0, 0.1) is 0 Å². The van der Waals surface area contributed by atoms with E-state index < -0.39 is 0 Å². The topological polar surface area (TPSA) is 36.0 Å². The molecule has 4 heteroatoms. The van der Waals surface area contributed by atoms with Crippen molar-refractivity contribution in [2.24, 2.45) is 0 Å². The molecule has 0 aliphatic heterocycles. The zero-order valence-electron chi connectivity index (χ0n) is 13.8. The Bertz CT molecular complexity index is 854. The Balaban J connectivity index is 1.49. The van der Waals surface area contributed by atoms with Gasteiger partial charge in [-0.25, -0.2) is 9.97 Å². The van der Waals surface area contributed by atoms with Crippen LogP contribution >= 0.6 is 0 Å². The third-order valence-corrected chi connectivity index (χ3v) is 4.21. The highest BCUT2D eigenvalue weighted by Crippen LogP contribution is 2.16. The standard InChI is InChI=1S/C21H18N4/c1-9-22-10-2-18(1)20-5-13-24(14-6-20)17-25-15-7-21(8-16-25)19-3-11-23-12-4-19/h1-16H,17H2/q+2/p+2. The van der Waals surface area contributed by atoms with Crippen LogP contribution < -0.4 is 19.1 Å². The van der Waals surface area contributed by atoms with Crippen LogP contribution in [0.4, 0.5) is 0 Å². The maximum Gasteiger partial charge on any atom is 0.343 e. The summed E-state index contributed by atoms with van der Waals surface area (Å²) in [7, 11) is 0. The lowest BCUT2D eigenvalue weighted by atomic mass is 10.1. The number of pyridine rings is 4. The van der Waals surface area contributed by atoms with Crippen molar-refractivity contribution in [2.45, 2.75) is 6.67 Å². The van der Waals surface area contributed by atoms with Crippen molar-refractivity contribution >= 4 is 0 Å². The quantitative estimate of drug-likeness (QED) is 0.512. The van der Waals surface area contributed by atoms with Crippen molar-refractivity contribution < 1.29 is 19.1 Å². The minimum atomic E-state index is 0.783. The van der Waals surface area contributed by atoms with Crippen LogP contribution in [-0.2, 0) is 6.67 Å². The summed E-state index contributed by atoms with van der Waals surface area (Å²) in [4.78, 5) is 6.11. The van der Waals surface area contributed by atoms with Crippen molar-refractivity contribution in [3.63, 3.8) is 0 Å². The molecule has 0 spiro atoms. The molecule has 4 aromatic rings. The summed E-state index contributed by atoms with van der Waals surface area (Å²) in [5, 5.41) is 0. The van der Waals surface area contributed by atoms with Crippen molar-refractivity contribution in [1.29, 1.82) is 0 Å². The van der Waals surface area contributed by atoms with E-state index >= 15 is 0 Å². The number of hydrogen-bond donors (Lipinski definition) is 0. The molecule has 0 unspecified atom stereocenters. The van der Waals surface area contributed by atoms with E-state index in [0.29, 0.717) is 0 Å². The van der Waals surface area contributed by atoms with Gasteiger partial charge in [-0.05, 0) is 22.3 Å². The first-order valence-electron chi connectivity index (χ1n) is 8.30. The van der Waals surface area contributed by atoms with Gasteiger partial charge in [0.1, 0.15) is 0 Å². The number of aromatic amines is 2. The molecule has 0 radical (unpaired) electrons. The van der Waals surface area contributed by atoms with Crippen molar-refractivity contribution in [2.75, 3.05) is 0 Å². The SMILES string of the molecule is c1cc(-c2cc[n+](C[n+]3ccc(-c4cc[nH+]cc4)cc3)cc2)cc[nH+]1. The van der Waals surface area contributed by atoms with Crippen LogP contribution in [0.5, 0.6) is 0 Å². The molecule has 4 nitrogen and oxygen atoms in total. The first-order valence-corrected chi connectivity index (χ1v) is 8.30. The van der Waals surface area contributed by atoms with Gasteiger partial charge in [-0.15, -0.1) is 9.13 Å². The lowest BCUT2D eigenvalue weighted by Crippen LogP contribution is -2.50. The van der Waals surface area contributed by atoms with Crippen molar-refractivity contribution in [1.82, 2.24) is 0 Å². The second kappa shape index (κ2) is 7.01. The minimum Gasteiger partial charge on any atom is -0.218 e. The molecule has 0 aliphatic carbocycles. The Kier molecular flexibility index (Phi) is 4.25. The number of nitrogens with zero attached hydrogens (tertiary/aromatic N) is 2. The molecule has 0 aromatic carbocycles. The first kappa shape index (κ1) is 15.1. The third-order valence-electron chi connectivity index (χ3n) is 4.21. The van der Waals surface area contributed by atoms with Crippen LogP contribution in [0.25, 0.3) is 22.3 Å². The monoisotopic (exact) mass is 328 g/mol. The summed E-state index contributed by atoms with van der Waals surface area (Å²) in [5.74, 6) is 0. The highest BCUT2D eigenvalue weighted by atomic mass is 15.1. The van der Waals surface area contributed by atoms with Crippen LogP contribution in [0.15, 0.2) is 98.1 Å². The molecule has 4 heterocycles. The average Bonchev–Trinajstić information content (AvgIpc) is 2.71. The van der Waals surface area contributed by atoms with Crippen LogP contribution in [0.3, 0.4) is 0 Å². The van der Waals surface area contributed by atoms with Gasteiger partial charge >= 0.3 is 6.67 Å². The van der Waals surface area contributed by atoms with E-state index in [1.165, 1.54) is 22.3 Å². The van der Waals surface area contributed by atoms with Crippen LogP contribution in [-0.4, -0.2) is 0 Å². The molecule has 0 aliphatic rings. The summed E-state index contributed by atoms with van der Waals surface area (Å²) in [6, 6.07) is 16.9. The lowest BCUT2D eigenvalue weighted by molar-refractivity contribution is -0.913. The highest BCUT2D eigenvalue weighted by molar-refractivity contribution is 5.61. The number of aromatic nitrogens is 4. The molecule has 25 heavy (non-hydrogen) atoms. The molecule has 0 atom stereocenters. The van der Waals surface area contributed by atoms with E-state index in [-0.39, 0.29) is 0 Å². The molecule has 0 fully saturated rings. The molecule has 0 saturated carbocycles. The minimum absolute atomic E-state index is 0.783. The third kappa shape index (κ3) is 3.58. The number of hydrogen-bond acceptors (Lipinski definition) is 0. The Morgan fingerprint density at radius 1 is 0.480 bits per heavy atom. The maximum atomic E-state index is 3.05. The van der Waals surface area contributed by atoms with E-state index in [1.807, 2.05) is 24.8 Å². The average molecular weight is 328 g/mol. The molecule has 2 N–H and O–H groups in total. The van der Waals surface area contributed by atoms with Gasteiger partial charge in [-0.3, -0.25) is 0 Å². The first-order chi connectivity index (χ1) is 12.4. The van der Waals surface area contributed by atoms with Gasteiger partial charge < -0.3 is 0 Å². The zero-order chi connectivity index (χ0) is 16.9. The van der Waals surface area contributed by atoms with Gasteiger partial charge in [0.25, 0.3) is 0 Å². The van der Waals surface area contributed by atoms with Crippen molar-refractivity contribution in [3.8, 4) is 22.3 Å². The Hall–Kier alpha value is -3.40. The molecular weight excluding hydrogens is 308 g/mol. The molecule has 0 bridgehead atoms. The molecule has 4 aromatic heterocycles. The molecule has 4 rings (SSSR count). The Labute approximate surface area is 146 Å². The van der Waals surface area contributed by atoms with Crippen LogP contribution in [0.1, 0.15) is 0 Å². The summed E-state index contributed by atoms with van der Waals surface area (Å²) in [6.45, 7) is 0.783. The Morgan fingerprint density at radius 3 is 1.16 bits per heavy atom. The van der Waals surface area contributed by atoms with E-state index in [9.17, 15) is 0 Å². The molecular formula is C21H20N4+4. The molecule has 120 valence electrons. The highest BCUT2D eigenvalue weighted by Gasteiger charge is 2.09. The molecule has 0 amide bonds. The summed E-state index contributed by atoms with van der Waals surface area (Å²) in [6.07, 6.45) is 16.2. The van der Waals surface area contributed by atoms with E-state index in [4.69, 9.17) is 0 Å². The largest absolute Gasteiger partial charge is 0.343 e. The van der Waals surface area contributed by atoms with Crippen molar-refractivity contribution in [3.05, 3.63) is 98.1 Å². The zero-order valence-corrected chi connectivity index (χ0v) is 13.8. The van der Waals surface area contributed by atoms with E-state index in [1.54, 1.807) is 0 Å². The maximum absolute atomic E-state index is 3.05. The smallest absolute Gasteiger partial charge is 0.218 e. The predicted octanol–water partition coefficient (Wildman–Crippen LogP) is 1.73. The fraction of sp³-hybridized carbons (Fsp3) is 0.0476. The second-order valence-electron chi connectivity index (χ2n) is 5.92. The van der Waals surface area contributed by atoms with Gasteiger partial charge in [0.05, 0.1) is 0 Å². The van der Waals surface area contributed by atoms with Crippen LogP contribution in [0.2, 0.25) is 0 Å². The van der Waals surface area contributed by atoms with Gasteiger partial charge in [0, 0.05) is 48.5 Å². The number of H-pyrrole nitrogens is 2. The van der Waals surface area contributed by atoms with Gasteiger partial charge in [-0.2, -0.15) is 0 Å². The predicted molar refractivity (Wildman–Crippen MR) is 92.7 cm³/mol. The fourth-order valence-corrected chi connectivity index (χ4v) is 2.84.